The van der Waals surface area contributed by atoms with E-state index < -0.39 is 0 Å². The minimum Gasteiger partial charge on any atom is -0.316 e. The number of H-pyrrole nitrogens is 1. The van der Waals surface area contributed by atoms with E-state index in [1.807, 2.05) is 0 Å². The molecule has 2 rings (SSSR count). The van der Waals surface area contributed by atoms with Crippen LogP contribution in [0.25, 0.3) is 0 Å². The minimum absolute atomic E-state index is 0.535. The lowest BCUT2D eigenvalue weighted by Crippen LogP contribution is -2.34. The lowest BCUT2D eigenvalue weighted by molar-refractivity contribution is 0.338. The third-order valence-electron chi connectivity index (χ3n) is 3.00. The Bertz CT molecular complexity index is 294. The van der Waals surface area contributed by atoms with E-state index in [1.165, 1.54) is 0 Å². The Labute approximate surface area is 84.5 Å². The van der Waals surface area contributed by atoms with Gasteiger partial charge in [-0.05, 0) is 25.4 Å². The molecule has 78 valence electrons. The first-order chi connectivity index (χ1) is 6.81. The molecule has 2 unspecified atom stereocenters. The highest BCUT2D eigenvalue weighted by Crippen LogP contribution is 2.27. The first kappa shape index (κ1) is 9.65. The van der Waals surface area contributed by atoms with Crippen LogP contribution in [-0.4, -0.2) is 28.3 Å². The number of aryl methyl sites for hydroxylation is 1. The quantitative estimate of drug-likeness (QED) is 0.740. The van der Waals surface area contributed by atoms with Gasteiger partial charge in [0.05, 0.1) is 0 Å². The van der Waals surface area contributed by atoms with Crippen molar-refractivity contribution in [3.63, 3.8) is 0 Å². The first-order valence-electron chi connectivity index (χ1n) is 5.43. The Morgan fingerprint density at radius 3 is 3.00 bits per heavy atom. The highest BCUT2D eigenvalue weighted by molar-refractivity contribution is 5.01. The standard InChI is InChI=1S/C10H18N4/c1-3-9-12-10(14-13-9)8-4-5-11-6-7(8)2/h7-8,11H,3-6H2,1-2H3,(H,12,13,14). The van der Waals surface area contributed by atoms with Gasteiger partial charge in [-0.2, -0.15) is 5.10 Å². The lowest BCUT2D eigenvalue weighted by Gasteiger charge is -2.27. The summed E-state index contributed by atoms with van der Waals surface area (Å²) < 4.78 is 0. The van der Waals surface area contributed by atoms with Gasteiger partial charge in [-0.25, -0.2) is 4.98 Å². The van der Waals surface area contributed by atoms with Crippen LogP contribution in [0.5, 0.6) is 0 Å². The van der Waals surface area contributed by atoms with Gasteiger partial charge < -0.3 is 5.32 Å². The molecule has 1 aromatic rings. The van der Waals surface area contributed by atoms with Gasteiger partial charge in [0.25, 0.3) is 0 Å². The number of aromatic amines is 1. The average molecular weight is 194 g/mol. The maximum absolute atomic E-state index is 4.51. The van der Waals surface area contributed by atoms with Gasteiger partial charge in [-0.15, -0.1) is 0 Å². The smallest absolute Gasteiger partial charge is 0.154 e. The van der Waals surface area contributed by atoms with Crippen molar-refractivity contribution in [3.8, 4) is 0 Å². The molecular weight excluding hydrogens is 176 g/mol. The molecule has 14 heavy (non-hydrogen) atoms. The van der Waals surface area contributed by atoms with E-state index in [0.717, 1.165) is 37.6 Å². The van der Waals surface area contributed by atoms with E-state index in [9.17, 15) is 0 Å². The molecule has 2 heterocycles. The number of hydrogen-bond acceptors (Lipinski definition) is 3. The lowest BCUT2D eigenvalue weighted by atomic mass is 9.87. The number of rotatable bonds is 2. The maximum atomic E-state index is 4.51. The van der Waals surface area contributed by atoms with E-state index in [-0.39, 0.29) is 0 Å². The zero-order valence-electron chi connectivity index (χ0n) is 8.88. The fourth-order valence-corrected chi connectivity index (χ4v) is 2.03. The third-order valence-corrected chi connectivity index (χ3v) is 3.00. The Morgan fingerprint density at radius 1 is 1.50 bits per heavy atom. The van der Waals surface area contributed by atoms with E-state index in [0.29, 0.717) is 11.8 Å². The summed E-state index contributed by atoms with van der Waals surface area (Å²) in [6.45, 7) is 6.53. The number of nitrogens with one attached hydrogen (secondary N) is 2. The summed E-state index contributed by atoms with van der Waals surface area (Å²) in [4.78, 5) is 4.51. The fraction of sp³-hybridized carbons (Fsp3) is 0.800. The van der Waals surface area contributed by atoms with Crippen molar-refractivity contribution < 1.29 is 0 Å². The molecule has 1 aromatic heterocycles. The third kappa shape index (κ3) is 1.80. The van der Waals surface area contributed by atoms with Gasteiger partial charge in [0.15, 0.2) is 5.82 Å². The summed E-state index contributed by atoms with van der Waals surface area (Å²) in [5.41, 5.74) is 0. The van der Waals surface area contributed by atoms with Gasteiger partial charge in [-0.1, -0.05) is 13.8 Å². The second kappa shape index (κ2) is 4.09. The van der Waals surface area contributed by atoms with Crippen molar-refractivity contribution >= 4 is 0 Å². The van der Waals surface area contributed by atoms with Crippen molar-refractivity contribution in [1.82, 2.24) is 20.5 Å². The van der Waals surface area contributed by atoms with Gasteiger partial charge in [0.2, 0.25) is 0 Å². The number of nitrogens with zero attached hydrogens (tertiary/aromatic N) is 2. The number of piperidine rings is 1. The van der Waals surface area contributed by atoms with Crippen LogP contribution < -0.4 is 5.32 Å². The molecule has 2 N–H and O–H groups in total. The minimum atomic E-state index is 0.535. The summed E-state index contributed by atoms with van der Waals surface area (Å²) in [7, 11) is 0. The van der Waals surface area contributed by atoms with Crippen molar-refractivity contribution in [1.29, 1.82) is 0 Å². The van der Waals surface area contributed by atoms with Crippen LogP contribution in [0, 0.1) is 5.92 Å². The Kier molecular flexibility index (Phi) is 2.82. The molecule has 1 saturated heterocycles. The van der Waals surface area contributed by atoms with Gasteiger partial charge in [0, 0.05) is 12.3 Å². The molecule has 1 aliphatic heterocycles. The normalized spacial score (nSPS) is 27.9. The average Bonchev–Trinajstić information content (AvgIpc) is 2.67. The van der Waals surface area contributed by atoms with Crippen molar-refractivity contribution in [2.24, 2.45) is 5.92 Å². The van der Waals surface area contributed by atoms with Crippen molar-refractivity contribution in [2.45, 2.75) is 32.6 Å². The zero-order chi connectivity index (χ0) is 9.97. The van der Waals surface area contributed by atoms with Crippen LogP contribution in [0.4, 0.5) is 0 Å². The second-order valence-corrected chi connectivity index (χ2v) is 4.07. The Hall–Kier alpha value is -0.900. The maximum Gasteiger partial charge on any atom is 0.154 e. The van der Waals surface area contributed by atoms with E-state index in [2.05, 4.69) is 34.3 Å². The van der Waals surface area contributed by atoms with Crippen molar-refractivity contribution in [2.75, 3.05) is 13.1 Å². The Morgan fingerprint density at radius 2 is 2.36 bits per heavy atom. The predicted molar refractivity (Wildman–Crippen MR) is 55.2 cm³/mol. The van der Waals surface area contributed by atoms with Crippen LogP contribution in [0.2, 0.25) is 0 Å². The Balaban J connectivity index is 2.12. The molecule has 0 saturated carbocycles. The SMILES string of the molecule is CCc1nc(C2CCNCC2C)n[nH]1. The van der Waals surface area contributed by atoms with E-state index in [4.69, 9.17) is 0 Å². The second-order valence-electron chi connectivity index (χ2n) is 4.07. The zero-order valence-corrected chi connectivity index (χ0v) is 8.88. The largest absolute Gasteiger partial charge is 0.316 e. The number of hydrogen-bond donors (Lipinski definition) is 2. The molecule has 0 spiro atoms. The molecule has 0 radical (unpaired) electrons. The number of aromatic nitrogens is 3. The van der Waals surface area contributed by atoms with E-state index in [1.54, 1.807) is 0 Å². The van der Waals surface area contributed by atoms with E-state index >= 15 is 0 Å². The molecular formula is C10H18N4. The summed E-state index contributed by atoms with van der Waals surface area (Å²) in [5, 5.41) is 10.7. The van der Waals surface area contributed by atoms with Crippen LogP contribution >= 0.6 is 0 Å². The predicted octanol–water partition coefficient (Wildman–Crippen LogP) is 1.08. The fourth-order valence-electron chi connectivity index (χ4n) is 2.03. The molecule has 1 aliphatic rings. The summed E-state index contributed by atoms with van der Waals surface area (Å²) in [5.74, 6) is 3.19. The molecule has 1 fully saturated rings. The molecule has 0 bridgehead atoms. The molecule has 4 nitrogen and oxygen atoms in total. The first-order valence-corrected chi connectivity index (χ1v) is 5.43. The van der Waals surface area contributed by atoms with Gasteiger partial charge >= 0.3 is 0 Å². The molecule has 0 aromatic carbocycles. The van der Waals surface area contributed by atoms with Crippen LogP contribution in [0.3, 0.4) is 0 Å². The van der Waals surface area contributed by atoms with Gasteiger partial charge in [-0.3, -0.25) is 5.10 Å². The summed E-state index contributed by atoms with van der Waals surface area (Å²) in [6, 6.07) is 0. The van der Waals surface area contributed by atoms with Crippen molar-refractivity contribution in [3.05, 3.63) is 11.6 Å². The van der Waals surface area contributed by atoms with Crippen LogP contribution in [-0.2, 0) is 6.42 Å². The molecule has 2 atom stereocenters. The molecule has 4 heteroatoms. The highest BCUT2D eigenvalue weighted by atomic mass is 15.2. The molecule has 0 amide bonds. The van der Waals surface area contributed by atoms with Crippen LogP contribution in [0.1, 0.15) is 37.8 Å². The summed E-state index contributed by atoms with van der Waals surface area (Å²) in [6.07, 6.45) is 2.09. The monoisotopic (exact) mass is 194 g/mol. The molecule has 0 aliphatic carbocycles. The van der Waals surface area contributed by atoms with Gasteiger partial charge in [0.1, 0.15) is 5.82 Å². The highest BCUT2D eigenvalue weighted by Gasteiger charge is 2.25. The summed E-state index contributed by atoms with van der Waals surface area (Å²) >= 11 is 0. The topological polar surface area (TPSA) is 53.6 Å². The van der Waals surface area contributed by atoms with Crippen LogP contribution in [0.15, 0.2) is 0 Å².